The van der Waals surface area contributed by atoms with E-state index in [9.17, 15) is 9.18 Å². The van der Waals surface area contributed by atoms with Gasteiger partial charge in [0.05, 0.1) is 53.9 Å². The molecule has 0 unspecified atom stereocenters. The molecule has 3 N–H and O–H groups in total. The highest BCUT2D eigenvalue weighted by Gasteiger charge is 2.19. The van der Waals surface area contributed by atoms with Crippen LogP contribution in [0.25, 0.3) is 16.9 Å². The van der Waals surface area contributed by atoms with Crippen LogP contribution in [0.2, 0.25) is 5.02 Å². The molecule has 31 heavy (non-hydrogen) atoms. The summed E-state index contributed by atoms with van der Waals surface area (Å²) in [5.74, 6) is -0.883. The van der Waals surface area contributed by atoms with E-state index >= 15 is 0 Å². The Labute approximate surface area is 180 Å². The van der Waals surface area contributed by atoms with Gasteiger partial charge in [-0.1, -0.05) is 11.6 Å². The molecule has 0 aliphatic carbocycles. The summed E-state index contributed by atoms with van der Waals surface area (Å²) in [6.45, 7) is 0. The maximum Gasteiger partial charge on any atom is 0.258 e. The fourth-order valence-electron chi connectivity index (χ4n) is 2.93. The summed E-state index contributed by atoms with van der Waals surface area (Å²) in [6, 6.07) is 5.59. The third kappa shape index (κ3) is 4.01. The number of anilines is 2. The molecule has 0 fully saturated rings. The Morgan fingerprint density at radius 1 is 1.16 bits per heavy atom. The number of benzene rings is 1. The number of carbonyl (C=O) groups excluding carboxylic acids is 1. The molecule has 0 spiro atoms. The minimum Gasteiger partial charge on any atom is -0.496 e. The molecule has 11 heteroatoms. The lowest BCUT2D eigenvalue weighted by atomic mass is 10.0. The van der Waals surface area contributed by atoms with Gasteiger partial charge in [0, 0.05) is 17.3 Å². The number of nitrogen functional groups attached to an aromatic ring is 1. The largest absolute Gasteiger partial charge is 0.496 e. The van der Waals surface area contributed by atoms with E-state index in [1.165, 1.54) is 61.1 Å². The predicted octanol–water partition coefficient (Wildman–Crippen LogP) is 3.36. The fourth-order valence-corrected chi connectivity index (χ4v) is 3.17. The van der Waals surface area contributed by atoms with Gasteiger partial charge in [-0.25, -0.2) is 9.37 Å². The number of carbonyl (C=O) groups is 1. The average molecular weight is 440 g/mol. The maximum atomic E-state index is 14.8. The van der Waals surface area contributed by atoms with Crippen LogP contribution in [0, 0.1) is 5.82 Å². The van der Waals surface area contributed by atoms with E-state index in [2.05, 4.69) is 25.5 Å². The molecule has 0 saturated carbocycles. The molecule has 0 atom stereocenters. The number of ether oxygens (including phenoxy) is 1. The van der Waals surface area contributed by atoms with Gasteiger partial charge in [0.1, 0.15) is 11.6 Å². The number of rotatable bonds is 5. The van der Waals surface area contributed by atoms with Crippen LogP contribution in [0.4, 0.5) is 15.8 Å². The lowest BCUT2D eigenvalue weighted by Crippen LogP contribution is -2.15. The molecule has 3 aromatic heterocycles. The normalized spacial score (nSPS) is 10.7. The third-order valence-electron chi connectivity index (χ3n) is 4.36. The van der Waals surface area contributed by atoms with Gasteiger partial charge in [-0.3, -0.25) is 9.78 Å². The summed E-state index contributed by atoms with van der Waals surface area (Å²) in [6.07, 6.45) is 7.30. The first-order chi connectivity index (χ1) is 15.0. The van der Waals surface area contributed by atoms with Gasteiger partial charge in [0.15, 0.2) is 5.82 Å². The lowest BCUT2D eigenvalue weighted by molar-refractivity contribution is 0.102. The van der Waals surface area contributed by atoms with Crippen molar-refractivity contribution in [1.29, 1.82) is 0 Å². The number of aromatic nitrogens is 5. The minimum absolute atomic E-state index is 0.204. The van der Waals surface area contributed by atoms with E-state index in [0.717, 1.165) is 0 Å². The van der Waals surface area contributed by atoms with Crippen LogP contribution in [0.1, 0.15) is 10.4 Å². The second kappa shape index (κ2) is 8.36. The summed E-state index contributed by atoms with van der Waals surface area (Å²) in [5.41, 5.74) is 7.28. The van der Waals surface area contributed by atoms with Crippen LogP contribution in [0.5, 0.6) is 5.75 Å². The Balaban J connectivity index is 1.63. The smallest absolute Gasteiger partial charge is 0.258 e. The Kier molecular flexibility index (Phi) is 5.46. The van der Waals surface area contributed by atoms with Gasteiger partial charge in [0.2, 0.25) is 0 Å². The molecular weight excluding hydrogens is 425 g/mol. The standard InChI is InChI=1S/C20H15ClFN7O2/c1-31-18-8-14(16(22)7-13(18)12-2-3-24-10-17(12)23)20(30)28-11-6-15(21)19(25-9-11)29-26-4-5-27-29/h2-10H,23H2,1H3,(H,28,30). The quantitative estimate of drug-likeness (QED) is 0.489. The third-order valence-corrected chi connectivity index (χ3v) is 4.64. The second-order valence-corrected chi connectivity index (χ2v) is 6.70. The van der Waals surface area contributed by atoms with Crippen molar-refractivity contribution < 1.29 is 13.9 Å². The number of pyridine rings is 2. The fraction of sp³-hybridized carbons (Fsp3) is 0.0500. The van der Waals surface area contributed by atoms with Gasteiger partial charge < -0.3 is 15.8 Å². The van der Waals surface area contributed by atoms with Crippen molar-refractivity contribution >= 4 is 28.9 Å². The number of halogens is 2. The van der Waals surface area contributed by atoms with E-state index in [1.54, 1.807) is 6.07 Å². The Hall–Kier alpha value is -4.05. The first-order valence-corrected chi connectivity index (χ1v) is 9.26. The highest BCUT2D eigenvalue weighted by atomic mass is 35.5. The Morgan fingerprint density at radius 3 is 2.61 bits per heavy atom. The van der Waals surface area contributed by atoms with E-state index in [0.29, 0.717) is 16.8 Å². The molecule has 0 aliphatic heterocycles. The monoisotopic (exact) mass is 439 g/mol. The van der Waals surface area contributed by atoms with E-state index in [1.807, 2.05) is 0 Å². The first-order valence-electron chi connectivity index (χ1n) is 8.89. The number of nitrogens with one attached hydrogen (secondary N) is 1. The number of methoxy groups -OCH3 is 1. The summed E-state index contributed by atoms with van der Waals surface area (Å²) >= 11 is 6.21. The summed E-state index contributed by atoms with van der Waals surface area (Å²) in [7, 11) is 1.42. The molecule has 0 saturated heterocycles. The van der Waals surface area contributed by atoms with Crippen LogP contribution in [-0.4, -0.2) is 38.0 Å². The van der Waals surface area contributed by atoms with E-state index < -0.39 is 11.7 Å². The molecule has 4 aromatic rings. The molecular formula is C20H15ClFN7O2. The van der Waals surface area contributed by atoms with Gasteiger partial charge >= 0.3 is 0 Å². The lowest BCUT2D eigenvalue weighted by Gasteiger charge is -2.14. The van der Waals surface area contributed by atoms with Crippen LogP contribution in [0.3, 0.4) is 0 Å². The highest BCUT2D eigenvalue weighted by Crippen LogP contribution is 2.35. The van der Waals surface area contributed by atoms with Crippen molar-refractivity contribution in [1.82, 2.24) is 25.0 Å². The number of hydrogen-bond acceptors (Lipinski definition) is 7. The summed E-state index contributed by atoms with van der Waals surface area (Å²) < 4.78 is 20.2. The molecule has 0 bridgehead atoms. The number of nitrogens with two attached hydrogens (primary N) is 1. The van der Waals surface area contributed by atoms with Gasteiger partial charge in [-0.2, -0.15) is 10.2 Å². The number of amides is 1. The molecule has 156 valence electrons. The van der Waals surface area contributed by atoms with Crippen molar-refractivity contribution in [3.05, 3.63) is 71.7 Å². The van der Waals surface area contributed by atoms with Crippen molar-refractivity contribution in [3.63, 3.8) is 0 Å². The summed E-state index contributed by atoms with van der Waals surface area (Å²) in [5, 5.41) is 10.7. The first kappa shape index (κ1) is 20.2. The molecule has 1 amide bonds. The van der Waals surface area contributed by atoms with Crippen molar-refractivity contribution in [3.8, 4) is 22.7 Å². The number of nitrogens with zero attached hydrogens (tertiary/aromatic N) is 5. The van der Waals surface area contributed by atoms with Gasteiger partial charge in [0.25, 0.3) is 5.91 Å². The number of hydrogen-bond donors (Lipinski definition) is 2. The van der Waals surface area contributed by atoms with Crippen LogP contribution >= 0.6 is 11.6 Å². The predicted molar refractivity (Wildman–Crippen MR) is 113 cm³/mol. The van der Waals surface area contributed by atoms with Crippen molar-refractivity contribution in [2.45, 2.75) is 0 Å². The second-order valence-electron chi connectivity index (χ2n) is 6.30. The Morgan fingerprint density at radius 2 is 1.94 bits per heavy atom. The molecule has 4 rings (SSSR count). The van der Waals surface area contributed by atoms with Crippen LogP contribution in [0.15, 0.2) is 55.2 Å². The van der Waals surface area contributed by atoms with Gasteiger partial charge in [-0.15, -0.1) is 4.80 Å². The average Bonchev–Trinajstić information content (AvgIpc) is 3.28. The summed E-state index contributed by atoms with van der Waals surface area (Å²) in [4.78, 5) is 22.0. The zero-order chi connectivity index (χ0) is 22.0. The topological polar surface area (TPSA) is 121 Å². The molecule has 3 heterocycles. The molecule has 0 radical (unpaired) electrons. The molecule has 0 aliphatic rings. The highest BCUT2D eigenvalue weighted by molar-refractivity contribution is 6.32. The zero-order valence-electron chi connectivity index (χ0n) is 16.1. The molecule has 1 aromatic carbocycles. The van der Waals surface area contributed by atoms with Crippen molar-refractivity contribution in [2.24, 2.45) is 0 Å². The van der Waals surface area contributed by atoms with E-state index in [-0.39, 0.29) is 27.8 Å². The van der Waals surface area contributed by atoms with E-state index in [4.69, 9.17) is 22.1 Å². The van der Waals surface area contributed by atoms with Crippen LogP contribution < -0.4 is 15.8 Å². The SMILES string of the molecule is COc1cc(C(=O)Nc2cnc(-n3nccn3)c(Cl)c2)c(F)cc1-c1ccncc1N. The van der Waals surface area contributed by atoms with Crippen molar-refractivity contribution in [2.75, 3.05) is 18.2 Å². The zero-order valence-corrected chi connectivity index (χ0v) is 16.8. The maximum absolute atomic E-state index is 14.8. The van der Waals surface area contributed by atoms with Crippen LogP contribution in [-0.2, 0) is 0 Å². The minimum atomic E-state index is -0.749. The molecule has 9 nitrogen and oxygen atoms in total. The van der Waals surface area contributed by atoms with Gasteiger partial charge in [-0.05, 0) is 24.3 Å². The Bertz CT molecular complexity index is 1260.